The number of carbonyl (C=O) groups is 1. The van der Waals surface area contributed by atoms with E-state index in [1.807, 2.05) is 24.4 Å². The van der Waals surface area contributed by atoms with Crippen molar-refractivity contribution in [3.63, 3.8) is 0 Å². The smallest absolute Gasteiger partial charge is 0.337 e. The summed E-state index contributed by atoms with van der Waals surface area (Å²) in [5.41, 5.74) is 8.09. The van der Waals surface area contributed by atoms with Crippen LogP contribution < -0.4 is 0 Å². The zero-order chi connectivity index (χ0) is 20.1. The van der Waals surface area contributed by atoms with Crippen molar-refractivity contribution in [2.45, 2.75) is 26.2 Å². The monoisotopic (exact) mass is 388 g/mol. The van der Waals surface area contributed by atoms with Gasteiger partial charge in [-0.2, -0.15) is 0 Å². The Hall–Kier alpha value is -3.10. The summed E-state index contributed by atoms with van der Waals surface area (Å²) in [5, 5.41) is 0. The largest absolute Gasteiger partial charge is 0.465 e. The van der Waals surface area contributed by atoms with Crippen molar-refractivity contribution in [2.24, 2.45) is 0 Å². The van der Waals surface area contributed by atoms with Crippen LogP contribution in [0.15, 0.2) is 61.1 Å². The van der Waals surface area contributed by atoms with E-state index in [9.17, 15) is 4.79 Å². The first-order chi connectivity index (χ1) is 13.4. The highest BCUT2D eigenvalue weighted by molar-refractivity contribution is 6.83. The molecule has 0 aliphatic rings. The van der Waals surface area contributed by atoms with Crippen LogP contribution in [-0.2, 0) is 11.3 Å². The molecule has 0 bridgehead atoms. The summed E-state index contributed by atoms with van der Waals surface area (Å²) in [7, 11) is 0.00682. The van der Waals surface area contributed by atoms with E-state index in [4.69, 9.17) is 4.74 Å². The molecule has 0 saturated carbocycles. The van der Waals surface area contributed by atoms with Crippen LogP contribution in [0.1, 0.15) is 21.5 Å². The summed E-state index contributed by atoms with van der Waals surface area (Å²) in [6.45, 7) is 7.34. The summed E-state index contributed by atoms with van der Waals surface area (Å²) in [6, 6.07) is 15.7. The van der Waals surface area contributed by atoms with Gasteiger partial charge in [0.25, 0.3) is 0 Å². The van der Waals surface area contributed by atoms with Crippen LogP contribution in [0.2, 0.25) is 19.6 Å². The lowest BCUT2D eigenvalue weighted by molar-refractivity contribution is 0.0600. The molecule has 0 aliphatic heterocycles. The van der Waals surface area contributed by atoms with Crippen LogP contribution in [0.25, 0.3) is 11.3 Å². The van der Waals surface area contributed by atoms with Crippen LogP contribution in [0.4, 0.5) is 0 Å². The van der Waals surface area contributed by atoms with Gasteiger partial charge in [-0.15, -0.1) is 5.54 Å². The second-order valence-corrected chi connectivity index (χ2v) is 12.4. The van der Waals surface area contributed by atoms with E-state index < -0.39 is 8.07 Å². The van der Waals surface area contributed by atoms with Crippen LogP contribution in [-0.4, -0.2) is 30.7 Å². The van der Waals surface area contributed by atoms with E-state index in [1.165, 1.54) is 7.11 Å². The van der Waals surface area contributed by atoms with E-state index in [0.29, 0.717) is 12.1 Å². The average molecular weight is 389 g/mol. The molecule has 0 N–H and O–H groups in total. The topological polar surface area (TPSA) is 44.1 Å². The number of hydrogen-bond acceptors (Lipinski definition) is 3. The standard InChI is InChI=1S/C23H24N2O2Si/c1-27-23(26)21-7-5-6-19(14-21)16-25-17-24-15-22(25)20-10-8-18(9-11-20)12-13-28(2,3)4/h5-11,14-15,17H,16H2,1-4H3. The first kappa shape index (κ1) is 19.7. The fraction of sp³-hybridized carbons (Fsp3) is 0.217. The predicted octanol–water partition coefficient (Wildman–Crippen LogP) is 4.61. The summed E-state index contributed by atoms with van der Waals surface area (Å²) >= 11 is 0. The number of rotatable bonds is 4. The van der Waals surface area contributed by atoms with Gasteiger partial charge in [0.15, 0.2) is 0 Å². The molecular weight excluding hydrogens is 364 g/mol. The molecule has 3 rings (SSSR count). The zero-order valence-corrected chi connectivity index (χ0v) is 17.7. The summed E-state index contributed by atoms with van der Waals surface area (Å²) in [6.07, 6.45) is 3.66. The van der Waals surface area contributed by atoms with Gasteiger partial charge >= 0.3 is 5.97 Å². The van der Waals surface area contributed by atoms with Gasteiger partial charge in [0.2, 0.25) is 0 Å². The lowest BCUT2D eigenvalue weighted by Gasteiger charge is -2.10. The minimum atomic E-state index is -1.38. The Morgan fingerprint density at radius 1 is 1.14 bits per heavy atom. The third kappa shape index (κ3) is 4.99. The summed E-state index contributed by atoms with van der Waals surface area (Å²) in [4.78, 5) is 16.1. The fourth-order valence-corrected chi connectivity index (χ4v) is 3.30. The van der Waals surface area contributed by atoms with Gasteiger partial charge in [-0.25, -0.2) is 9.78 Å². The first-order valence-corrected chi connectivity index (χ1v) is 12.7. The van der Waals surface area contributed by atoms with Crippen molar-refractivity contribution in [3.8, 4) is 22.7 Å². The molecule has 28 heavy (non-hydrogen) atoms. The van der Waals surface area contributed by atoms with Gasteiger partial charge in [-0.1, -0.05) is 49.8 Å². The molecule has 0 fully saturated rings. The van der Waals surface area contributed by atoms with Crippen molar-refractivity contribution >= 4 is 14.0 Å². The summed E-state index contributed by atoms with van der Waals surface area (Å²) in [5.74, 6) is 2.95. The van der Waals surface area contributed by atoms with Crippen LogP contribution in [0.5, 0.6) is 0 Å². The second kappa shape index (κ2) is 8.28. The molecule has 0 atom stereocenters. The number of nitrogens with zero attached hydrogens (tertiary/aromatic N) is 2. The maximum atomic E-state index is 11.8. The third-order valence-corrected chi connectivity index (χ3v) is 5.05. The van der Waals surface area contributed by atoms with Gasteiger partial charge in [0, 0.05) is 12.1 Å². The molecule has 2 aromatic carbocycles. The molecule has 142 valence electrons. The van der Waals surface area contributed by atoms with E-state index in [2.05, 4.69) is 64.9 Å². The number of hydrogen-bond donors (Lipinski definition) is 0. The van der Waals surface area contributed by atoms with E-state index in [0.717, 1.165) is 22.4 Å². The average Bonchev–Trinajstić information content (AvgIpc) is 3.14. The number of imidazole rings is 1. The molecule has 1 aromatic heterocycles. The van der Waals surface area contributed by atoms with Crippen molar-refractivity contribution in [2.75, 3.05) is 7.11 Å². The van der Waals surface area contributed by atoms with Crippen LogP contribution >= 0.6 is 0 Å². The molecule has 0 spiro atoms. The molecule has 3 aromatic rings. The van der Waals surface area contributed by atoms with Crippen molar-refractivity contribution < 1.29 is 9.53 Å². The van der Waals surface area contributed by atoms with E-state index in [-0.39, 0.29) is 5.97 Å². The van der Waals surface area contributed by atoms with E-state index in [1.54, 1.807) is 12.4 Å². The fourth-order valence-electron chi connectivity index (χ4n) is 2.78. The van der Waals surface area contributed by atoms with Crippen molar-refractivity contribution in [1.82, 2.24) is 9.55 Å². The molecule has 0 amide bonds. The molecule has 0 radical (unpaired) electrons. The number of methoxy groups -OCH3 is 1. The normalized spacial score (nSPS) is 10.9. The quantitative estimate of drug-likeness (QED) is 0.372. The Labute approximate surface area is 167 Å². The number of ether oxygens (including phenoxy) is 1. The zero-order valence-electron chi connectivity index (χ0n) is 16.7. The highest BCUT2D eigenvalue weighted by Crippen LogP contribution is 2.21. The first-order valence-electron chi connectivity index (χ1n) is 9.17. The lowest BCUT2D eigenvalue weighted by atomic mass is 10.1. The van der Waals surface area contributed by atoms with Gasteiger partial charge in [-0.3, -0.25) is 0 Å². The molecule has 0 aliphatic carbocycles. The highest BCUT2D eigenvalue weighted by Gasteiger charge is 2.10. The van der Waals surface area contributed by atoms with Crippen LogP contribution in [0.3, 0.4) is 0 Å². The number of benzene rings is 2. The molecule has 4 nitrogen and oxygen atoms in total. The van der Waals surface area contributed by atoms with Gasteiger partial charge in [0.1, 0.15) is 8.07 Å². The third-order valence-electron chi connectivity index (χ3n) is 4.18. The number of carbonyl (C=O) groups excluding carboxylic acids is 1. The molecule has 0 unspecified atom stereocenters. The van der Waals surface area contributed by atoms with Gasteiger partial charge in [0.05, 0.1) is 30.9 Å². The Balaban J connectivity index is 1.82. The Kier molecular flexibility index (Phi) is 5.81. The van der Waals surface area contributed by atoms with E-state index >= 15 is 0 Å². The molecular formula is C23H24N2O2Si. The maximum Gasteiger partial charge on any atom is 0.337 e. The minimum absolute atomic E-state index is 0.331. The Bertz CT molecular complexity index is 1030. The number of esters is 1. The van der Waals surface area contributed by atoms with Crippen LogP contribution in [0, 0.1) is 11.5 Å². The maximum absolute atomic E-state index is 11.8. The molecule has 5 heteroatoms. The van der Waals surface area contributed by atoms with Crippen molar-refractivity contribution in [3.05, 3.63) is 77.7 Å². The van der Waals surface area contributed by atoms with Gasteiger partial charge < -0.3 is 9.30 Å². The van der Waals surface area contributed by atoms with Crippen molar-refractivity contribution in [1.29, 1.82) is 0 Å². The highest BCUT2D eigenvalue weighted by atomic mass is 28.3. The molecule has 1 heterocycles. The minimum Gasteiger partial charge on any atom is -0.465 e. The number of aromatic nitrogens is 2. The SMILES string of the molecule is COC(=O)c1cccc(Cn2cncc2-c2ccc(C#C[Si](C)(C)C)cc2)c1. The van der Waals surface area contributed by atoms with Gasteiger partial charge in [-0.05, 0) is 35.4 Å². The molecule has 0 saturated heterocycles. The summed E-state index contributed by atoms with van der Waals surface area (Å²) < 4.78 is 6.87. The Morgan fingerprint density at radius 3 is 2.57 bits per heavy atom. The lowest BCUT2D eigenvalue weighted by Crippen LogP contribution is -2.16. The predicted molar refractivity (Wildman–Crippen MR) is 115 cm³/mol. The second-order valence-electron chi connectivity index (χ2n) is 7.68. The Morgan fingerprint density at radius 2 is 1.89 bits per heavy atom.